The van der Waals surface area contributed by atoms with Gasteiger partial charge in [-0.1, -0.05) is 29.3 Å². The first-order valence-corrected chi connectivity index (χ1v) is 13.1. The van der Waals surface area contributed by atoms with Crippen molar-refractivity contribution in [3.05, 3.63) is 64.5 Å². The fraction of sp³-hybridized carbons (Fsp3) is 0.174. The van der Waals surface area contributed by atoms with Crippen LogP contribution in [0.1, 0.15) is 11.7 Å². The molecule has 0 bridgehead atoms. The van der Waals surface area contributed by atoms with Crippen LogP contribution in [0.4, 0.5) is 17.2 Å². The minimum absolute atomic E-state index is 0.248. The molecule has 1 unspecified atom stereocenters. The van der Waals surface area contributed by atoms with Crippen molar-refractivity contribution in [3.63, 3.8) is 0 Å². The Labute approximate surface area is 216 Å². The van der Waals surface area contributed by atoms with E-state index < -0.39 is 22.1 Å². The Morgan fingerprint density at radius 3 is 2.56 bits per heavy atom. The topological polar surface area (TPSA) is 116 Å². The lowest BCUT2D eigenvalue weighted by atomic mass is 10.1. The largest absolute Gasteiger partial charge is 0.455 e. The smallest absolute Gasteiger partial charge is 0.265 e. The lowest BCUT2D eigenvalue weighted by Crippen LogP contribution is -2.26. The molecule has 1 N–H and O–H groups in total. The minimum atomic E-state index is -3.91. The van der Waals surface area contributed by atoms with Gasteiger partial charge in [0, 0.05) is 25.8 Å². The maximum Gasteiger partial charge on any atom is 0.265 e. The highest BCUT2D eigenvalue weighted by molar-refractivity contribution is 7.86. The van der Waals surface area contributed by atoms with Crippen LogP contribution in [0.25, 0.3) is 11.0 Å². The number of fused-ring (bicyclic) bond motifs is 2. The van der Waals surface area contributed by atoms with E-state index in [9.17, 15) is 13.2 Å². The van der Waals surface area contributed by atoms with Gasteiger partial charge in [0.1, 0.15) is 28.5 Å². The van der Waals surface area contributed by atoms with Gasteiger partial charge in [0.15, 0.2) is 11.9 Å². The number of aromatic nitrogens is 3. The van der Waals surface area contributed by atoms with Gasteiger partial charge < -0.3 is 19.5 Å². The molecule has 5 rings (SSSR count). The second kappa shape index (κ2) is 8.93. The Balaban J connectivity index is 1.46. The standard InChI is InChI=1S/C23H19Cl2N5O5S/c1-29-15-5-4-6-17(19(15)21(23(29)31)35-36(3,32)33)34-16-8-7-12(9-13(16)24)28-22-20-14(26-11-27-22)10-18(25)30(20)2/h4-11,21H,1-3H3,(H,26,27,28). The van der Waals surface area contributed by atoms with Gasteiger partial charge >= 0.3 is 0 Å². The summed E-state index contributed by atoms with van der Waals surface area (Å²) in [5.74, 6) is 0.569. The zero-order valence-electron chi connectivity index (χ0n) is 19.2. The van der Waals surface area contributed by atoms with Crippen LogP contribution in [-0.4, -0.2) is 42.2 Å². The first kappa shape index (κ1) is 24.3. The number of carbonyl (C=O) groups excluding carboxylic acids is 1. The summed E-state index contributed by atoms with van der Waals surface area (Å²) in [5, 5.41) is 4.00. The first-order chi connectivity index (χ1) is 17.0. The fourth-order valence-electron chi connectivity index (χ4n) is 4.01. The zero-order chi connectivity index (χ0) is 25.8. The molecule has 36 heavy (non-hydrogen) atoms. The van der Waals surface area contributed by atoms with Gasteiger partial charge in [-0.2, -0.15) is 8.42 Å². The molecule has 0 saturated heterocycles. The highest BCUT2D eigenvalue weighted by Gasteiger charge is 2.41. The van der Waals surface area contributed by atoms with Crippen LogP contribution in [-0.2, 0) is 26.1 Å². The Morgan fingerprint density at radius 2 is 1.83 bits per heavy atom. The number of anilines is 3. The van der Waals surface area contributed by atoms with Crippen molar-refractivity contribution in [1.82, 2.24) is 14.5 Å². The predicted octanol–water partition coefficient (Wildman–Crippen LogP) is 4.80. The van der Waals surface area contributed by atoms with Gasteiger partial charge in [-0.25, -0.2) is 9.97 Å². The molecule has 13 heteroatoms. The minimum Gasteiger partial charge on any atom is -0.455 e. The van der Waals surface area contributed by atoms with E-state index in [1.54, 1.807) is 47.0 Å². The van der Waals surface area contributed by atoms with E-state index in [2.05, 4.69) is 15.3 Å². The molecule has 1 amide bonds. The summed E-state index contributed by atoms with van der Waals surface area (Å²) in [7, 11) is -0.569. The second-order valence-electron chi connectivity index (χ2n) is 8.12. The quantitative estimate of drug-likeness (QED) is 0.342. The highest BCUT2D eigenvalue weighted by atomic mass is 35.5. The van der Waals surface area contributed by atoms with Gasteiger partial charge in [-0.05, 0) is 30.3 Å². The number of rotatable bonds is 6. The van der Waals surface area contributed by atoms with E-state index in [0.717, 1.165) is 11.8 Å². The highest BCUT2D eigenvalue weighted by Crippen LogP contribution is 2.45. The number of hydrogen-bond donors (Lipinski definition) is 1. The SMILES string of the molecule is CN1C(=O)C(OS(C)(=O)=O)c2c(Oc3ccc(Nc4ncnc5cc(Cl)n(C)c45)cc3Cl)cccc21. The van der Waals surface area contributed by atoms with E-state index in [4.69, 9.17) is 32.1 Å². The van der Waals surface area contributed by atoms with Crippen LogP contribution < -0.4 is 15.0 Å². The number of nitrogens with zero attached hydrogens (tertiary/aromatic N) is 4. The second-order valence-corrected chi connectivity index (χ2v) is 10.5. The monoisotopic (exact) mass is 547 g/mol. The summed E-state index contributed by atoms with van der Waals surface area (Å²) in [6, 6.07) is 11.8. The Kier molecular flexibility index (Phi) is 6.03. The number of aryl methyl sites for hydroxylation is 1. The molecule has 0 aliphatic carbocycles. The van der Waals surface area contributed by atoms with Crippen molar-refractivity contribution in [2.24, 2.45) is 7.05 Å². The molecule has 0 fully saturated rings. The van der Waals surface area contributed by atoms with Gasteiger partial charge in [-0.3, -0.25) is 8.98 Å². The summed E-state index contributed by atoms with van der Waals surface area (Å²) in [5.41, 5.74) is 2.84. The fourth-order valence-corrected chi connectivity index (χ4v) is 4.95. The molecule has 10 nitrogen and oxygen atoms in total. The first-order valence-electron chi connectivity index (χ1n) is 10.5. The molecule has 0 spiro atoms. The van der Waals surface area contributed by atoms with Crippen molar-refractivity contribution in [1.29, 1.82) is 0 Å². The predicted molar refractivity (Wildman–Crippen MR) is 137 cm³/mol. The van der Waals surface area contributed by atoms with Crippen LogP contribution in [0.2, 0.25) is 10.2 Å². The normalized spacial score (nSPS) is 15.4. The Bertz CT molecular complexity index is 1640. The number of benzene rings is 2. The van der Waals surface area contributed by atoms with Crippen LogP contribution in [0.3, 0.4) is 0 Å². The van der Waals surface area contributed by atoms with Crippen molar-refractivity contribution in [3.8, 4) is 11.5 Å². The average molecular weight is 548 g/mol. The molecular formula is C23H19Cl2N5O5S. The maximum absolute atomic E-state index is 12.7. The number of amides is 1. The maximum atomic E-state index is 12.7. The molecule has 3 heterocycles. The molecule has 186 valence electrons. The molecule has 1 aliphatic heterocycles. The van der Waals surface area contributed by atoms with Crippen LogP contribution in [0.15, 0.2) is 48.8 Å². The van der Waals surface area contributed by atoms with E-state index in [1.165, 1.54) is 18.3 Å². The summed E-state index contributed by atoms with van der Waals surface area (Å²) < 4.78 is 36.4. The van der Waals surface area contributed by atoms with Gasteiger partial charge in [0.05, 0.1) is 28.0 Å². The third kappa shape index (κ3) is 4.35. The number of halogens is 2. The van der Waals surface area contributed by atoms with E-state index in [0.29, 0.717) is 39.2 Å². The summed E-state index contributed by atoms with van der Waals surface area (Å²) in [6.07, 6.45) is 0.968. The van der Waals surface area contributed by atoms with Gasteiger partial charge in [0.25, 0.3) is 16.0 Å². The molecular weight excluding hydrogens is 529 g/mol. The molecule has 4 aromatic rings. The summed E-state index contributed by atoms with van der Waals surface area (Å²) in [4.78, 5) is 22.5. The average Bonchev–Trinajstić information content (AvgIpc) is 3.23. The number of likely N-dealkylation sites (N-methyl/N-ethyl adjacent to an activating group) is 1. The number of carbonyl (C=O) groups is 1. The third-order valence-corrected chi connectivity index (χ3v) is 6.87. The third-order valence-electron chi connectivity index (χ3n) is 5.67. The van der Waals surface area contributed by atoms with Crippen LogP contribution in [0, 0.1) is 0 Å². The number of nitrogens with one attached hydrogen (secondary N) is 1. The Morgan fingerprint density at radius 1 is 1.06 bits per heavy atom. The van der Waals surface area contributed by atoms with E-state index in [1.807, 2.05) is 7.05 Å². The summed E-state index contributed by atoms with van der Waals surface area (Å²) in [6.45, 7) is 0. The number of hydrogen-bond acceptors (Lipinski definition) is 8. The molecule has 2 aromatic carbocycles. The molecule has 1 aliphatic rings. The van der Waals surface area contributed by atoms with Crippen molar-refractivity contribution in [2.75, 3.05) is 23.5 Å². The van der Waals surface area contributed by atoms with Crippen molar-refractivity contribution in [2.45, 2.75) is 6.10 Å². The lowest BCUT2D eigenvalue weighted by Gasteiger charge is -2.15. The van der Waals surface area contributed by atoms with Crippen molar-refractivity contribution >= 4 is 67.5 Å². The molecule has 0 saturated carbocycles. The molecule has 1 atom stereocenters. The lowest BCUT2D eigenvalue weighted by molar-refractivity contribution is -0.124. The van der Waals surface area contributed by atoms with Crippen LogP contribution in [0.5, 0.6) is 11.5 Å². The van der Waals surface area contributed by atoms with Crippen molar-refractivity contribution < 1.29 is 22.1 Å². The molecule has 2 aromatic heterocycles. The molecule has 0 radical (unpaired) electrons. The van der Waals surface area contributed by atoms with Gasteiger partial charge in [-0.15, -0.1) is 0 Å². The van der Waals surface area contributed by atoms with Gasteiger partial charge in [0.2, 0.25) is 0 Å². The van der Waals surface area contributed by atoms with E-state index in [-0.39, 0.29) is 10.8 Å². The van der Waals surface area contributed by atoms with E-state index >= 15 is 0 Å². The zero-order valence-corrected chi connectivity index (χ0v) is 21.5. The van der Waals surface area contributed by atoms with Crippen LogP contribution >= 0.6 is 23.2 Å². The Hall–Kier alpha value is -3.38. The number of ether oxygens (including phenoxy) is 1. The summed E-state index contributed by atoms with van der Waals surface area (Å²) >= 11 is 12.7.